The highest BCUT2D eigenvalue weighted by Gasteiger charge is 2.23. The van der Waals surface area contributed by atoms with Crippen LogP contribution < -0.4 is 10.5 Å². The van der Waals surface area contributed by atoms with E-state index < -0.39 is 39.1 Å². The fourth-order valence-corrected chi connectivity index (χ4v) is 2.48. The fraction of sp³-hybridized carbons (Fsp3) is 0.385. The first kappa shape index (κ1) is 19.2. The van der Waals surface area contributed by atoms with Crippen molar-refractivity contribution < 1.29 is 18.5 Å². The van der Waals surface area contributed by atoms with E-state index in [1.165, 1.54) is 24.3 Å². The molecule has 1 aromatic carbocycles. The Morgan fingerprint density at radius 3 is 2.36 bits per heavy atom. The number of aliphatic hydroxyl groups excluding tert-OH is 1. The smallest absolute Gasteiger partial charge is 0.253 e. The first-order chi connectivity index (χ1) is 10.2. The predicted octanol–water partition coefficient (Wildman–Crippen LogP) is 1.17. The largest absolute Gasteiger partial charge is 0.388 e. The van der Waals surface area contributed by atoms with Crippen molar-refractivity contribution in [2.24, 2.45) is 11.1 Å². The number of benzene rings is 1. The molecule has 0 aliphatic carbocycles. The summed E-state index contributed by atoms with van der Waals surface area (Å²) >= 11 is 10.7. The lowest BCUT2D eigenvalue weighted by Gasteiger charge is -2.21. The van der Waals surface area contributed by atoms with Crippen LogP contribution in [-0.2, 0) is 14.5 Å². The normalized spacial score (nSPS) is 16.8. The number of nitrogens with two attached hydrogens (primary N) is 1. The molecule has 1 rings (SSSR count). The molecule has 0 saturated carbocycles. The van der Waals surface area contributed by atoms with E-state index in [1.807, 2.05) is 0 Å². The van der Waals surface area contributed by atoms with Crippen LogP contribution in [0, 0.1) is 5.92 Å². The molecule has 5 nitrogen and oxygen atoms in total. The summed E-state index contributed by atoms with van der Waals surface area (Å²) in [5, 5.41) is 17.9. The molecule has 0 heterocycles. The standard InChI is InChI=1S/C13H17Cl2FN2O3S/c1-22(17,21)10-4-2-8(3-5-10)11(19)9(6-16)7-18-13(20)12(14)15/h2-5,9,11-12,19H,1,6-7H2,(H2,17,21)(H,18,20). The molecule has 1 aromatic rings. The Kier molecular flexibility index (Phi) is 7.08. The van der Waals surface area contributed by atoms with E-state index in [9.17, 15) is 18.5 Å². The zero-order valence-electron chi connectivity index (χ0n) is 11.5. The number of hydrogen-bond acceptors (Lipinski definition) is 3. The zero-order valence-corrected chi connectivity index (χ0v) is 13.9. The van der Waals surface area contributed by atoms with Gasteiger partial charge in [-0.15, -0.1) is 0 Å². The summed E-state index contributed by atoms with van der Waals surface area (Å²) in [4.78, 5) is 10.3. The van der Waals surface area contributed by atoms with Crippen LogP contribution in [0.25, 0.3) is 0 Å². The highest BCUT2D eigenvalue weighted by molar-refractivity contribution is 7.98. The van der Waals surface area contributed by atoms with Gasteiger partial charge in [-0.05, 0) is 23.6 Å². The van der Waals surface area contributed by atoms with Crippen molar-refractivity contribution >= 4 is 44.7 Å². The van der Waals surface area contributed by atoms with Crippen molar-refractivity contribution in [3.05, 3.63) is 29.8 Å². The van der Waals surface area contributed by atoms with Gasteiger partial charge in [-0.3, -0.25) is 14.3 Å². The molecule has 0 aliphatic heterocycles. The summed E-state index contributed by atoms with van der Waals surface area (Å²) in [6.07, 6.45) is -1.16. The van der Waals surface area contributed by atoms with E-state index in [1.54, 1.807) is 0 Å². The van der Waals surface area contributed by atoms with E-state index in [-0.39, 0.29) is 6.54 Å². The third-order valence-electron chi connectivity index (χ3n) is 3.00. The number of amides is 1. The van der Waals surface area contributed by atoms with Gasteiger partial charge in [0.1, 0.15) is 0 Å². The van der Waals surface area contributed by atoms with Crippen molar-refractivity contribution in [3.63, 3.8) is 0 Å². The quantitative estimate of drug-likeness (QED) is 0.496. The lowest BCUT2D eigenvalue weighted by molar-refractivity contribution is -0.119. The first-order valence-electron chi connectivity index (χ1n) is 6.21. The minimum absolute atomic E-state index is 0.128. The Morgan fingerprint density at radius 2 is 1.95 bits per heavy atom. The van der Waals surface area contributed by atoms with E-state index in [2.05, 4.69) is 11.2 Å². The second-order valence-corrected chi connectivity index (χ2v) is 7.72. The molecule has 3 unspecified atom stereocenters. The lowest BCUT2D eigenvalue weighted by Crippen LogP contribution is -2.35. The maximum absolute atomic E-state index is 13.1. The van der Waals surface area contributed by atoms with Crippen molar-refractivity contribution in [1.29, 1.82) is 0 Å². The maximum Gasteiger partial charge on any atom is 0.253 e. The summed E-state index contributed by atoms with van der Waals surface area (Å²) < 4.78 is 24.6. The van der Waals surface area contributed by atoms with Gasteiger partial charge in [0.15, 0.2) is 4.84 Å². The Labute approximate surface area is 138 Å². The molecule has 0 saturated heterocycles. The van der Waals surface area contributed by atoms with E-state index in [4.69, 9.17) is 28.3 Å². The second kappa shape index (κ2) is 8.12. The topological polar surface area (TPSA) is 92.4 Å². The maximum atomic E-state index is 13.1. The van der Waals surface area contributed by atoms with Gasteiger partial charge in [0.2, 0.25) is 0 Å². The number of rotatable bonds is 7. The zero-order chi connectivity index (χ0) is 16.9. The number of nitrogens with one attached hydrogen (secondary N) is 1. The summed E-state index contributed by atoms with van der Waals surface area (Å²) in [7, 11) is -2.84. The molecule has 0 radical (unpaired) electrons. The average molecular weight is 371 g/mol. The SMILES string of the molecule is C=S(N)(=O)c1ccc(C(O)C(CF)CNC(=O)C(Cl)Cl)cc1. The molecule has 22 heavy (non-hydrogen) atoms. The number of hydrogen-bond donors (Lipinski definition) is 3. The second-order valence-electron chi connectivity index (χ2n) is 4.70. The summed E-state index contributed by atoms with van der Waals surface area (Å²) in [6, 6.07) is 5.87. The minimum Gasteiger partial charge on any atom is -0.388 e. The molecule has 0 aromatic heterocycles. The Balaban J connectivity index is 2.79. The lowest BCUT2D eigenvalue weighted by atomic mass is 9.97. The highest BCUT2D eigenvalue weighted by Crippen LogP contribution is 2.23. The molecule has 124 valence electrons. The molecule has 4 N–H and O–H groups in total. The minimum atomic E-state index is -2.84. The average Bonchev–Trinajstić information content (AvgIpc) is 2.46. The van der Waals surface area contributed by atoms with Crippen molar-refractivity contribution in [3.8, 4) is 0 Å². The van der Waals surface area contributed by atoms with Gasteiger partial charge in [-0.1, -0.05) is 35.3 Å². The number of carbonyl (C=O) groups is 1. The van der Waals surface area contributed by atoms with E-state index in [0.717, 1.165) is 0 Å². The van der Waals surface area contributed by atoms with Crippen LogP contribution in [0.4, 0.5) is 4.39 Å². The number of aliphatic hydroxyl groups is 1. The van der Waals surface area contributed by atoms with Gasteiger partial charge in [0, 0.05) is 17.4 Å². The molecular formula is C13H17Cl2FN2O3S. The van der Waals surface area contributed by atoms with Gasteiger partial charge < -0.3 is 10.4 Å². The van der Waals surface area contributed by atoms with Crippen molar-refractivity contribution in [1.82, 2.24) is 5.32 Å². The van der Waals surface area contributed by atoms with Crippen LogP contribution in [-0.4, -0.2) is 39.1 Å². The molecule has 9 heteroatoms. The monoisotopic (exact) mass is 370 g/mol. The number of halogens is 3. The number of alkyl halides is 3. The summed E-state index contributed by atoms with van der Waals surface area (Å²) in [6.45, 7) is -0.988. The van der Waals surface area contributed by atoms with Crippen molar-refractivity contribution in [2.75, 3.05) is 13.2 Å². The van der Waals surface area contributed by atoms with E-state index >= 15 is 0 Å². The van der Waals surface area contributed by atoms with Crippen molar-refractivity contribution in [2.45, 2.75) is 15.8 Å². The van der Waals surface area contributed by atoms with Crippen LogP contribution >= 0.6 is 23.2 Å². The molecule has 0 aliphatic rings. The van der Waals surface area contributed by atoms with Crippen LogP contribution in [0.5, 0.6) is 0 Å². The van der Waals surface area contributed by atoms with Gasteiger partial charge in [0.05, 0.1) is 22.5 Å². The Hall–Kier alpha value is -0.860. The molecule has 1 amide bonds. The first-order valence-corrected chi connectivity index (χ1v) is 8.88. The predicted molar refractivity (Wildman–Crippen MR) is 87.1 cm³/mol. The van der Waals surface area contributed by atoms with Crippen LogP contribution in [0.2, 0.25) is 0 Å². The Morgan fingerprint density at radius 1 is 1.41 bits per heavy atom. The van der Waals surface area contributed by atoms with Gasteiger partial charge in [-0.2, -0.15) is 0 Å². The third kappa shape index (κ3) is 5.40. The Bertz CT molecular complexity index is 608. The molecule has 3 atom stereocenters. The summed E-state index contributed by atoms with van der Waals surface area (Å²) in [5.41, 5.74) is 0.401. The molecule has 0 spiro atoms. The molecule has 0 bridgehead atoms. The summed E-state index contributed by atoms with van der Waals surface area (Å²) in [5.74, 6) is 1.81. The van der Waals surface area contributed by atoms with Gasteiger partial charge in [-0.25, -0.2) is 4.21 Å². The number of carbonyl (C=O) groups excluding carboxylic acids is 1. The highest BCUT2D eigenvalue weighted by atomic mass is 35.5. The van der Waals surface area contributed by atoms with Crippen LogP contribution in [0.15, 0.2) is 29.2 Å². The molecule has 0 fully saturated rings. The van der Waals surface area contributed by atoms with Gasteiger partial charge in [0.25, 0.3) is 5.91 Å². The van der Waals surface area contributed by atoms with Gasteiger partial charge >= 0.3 is 0 Å². The molecular weight excluding hydrogens is 354 g/mol. The third-order valence-corrected chi connectivity index (χ3v) is 4.47. The van der Waals surface area contributed by atoms with Crippen LogP contribution in [0.1, 0.15) is 11.7 Å². The van der Waals surface area contributed by atoms with Crippen LogP contribution in [0.3, 0.4) is 0 Å². The van der Waals surface area contributed by atoms with E-state index in [0.29, 0.717) is 10.5 Å². The fourth-order valence-electron chi connectivity index (χ4n) is 1.73.